The van der Waals surface area contributed by atoms with Crippen LogP contribution in [0.25, 0.3) is 18.2 Å². The van der Waals surface area contributed by atoms with Crippen LogP contribution in [-0.2, 0) is 22.4 Å². The maximum Gasteiger partial charge on any atom is 0.273 e. The Hall–Kier alpha value is -3.67. The molecule has 0 aromatic carbocycles. The molecular formula is C36H48N4O2. The third kappa shape index (κ3) is 5.81. The summed E-state index contributed by atoms with van der Waals surface area (Å²) in [5, 5.41) is 2.09. The van der Waals surface area contributed by atoms with Crippen LogP contribution in [-0.4, -0.2) is 33.6 Å². The van der Waals surface area contributed by atoms with Gasteiger partial charge in [0.25, 0.3) is 5.91 Å². The minimum absolute atomic E-state index is 0.102. The number of nitrogens with one attached hydrogen (secondary N) is 2. The number of nitrogens with zero attached hydrogens (tertiary/aromatic N) is 2. The molecule has 0 spiro atoms. The Morgan fingerprint density at radius 2 is 1.38 bits per heavy atom. The predicted octanol–water partition coefficient (Wildman–Crippen LogP) is 6.94. The van der Waals surface area contributed by atoms with Crippen molar-refractivity contribution < 1.29 is 9.53 Å². The van der Waals surface area contributed by atoms with Crippen LogP contribution in [0.2, 0.25) is 0 Å². The summed E-state index contributed by atoms with van der Waals surface area (Å²) in [5.41, 5.74) is 13.1. The summed E-state index contributed by atoms with van der Waals surface area (Å²) >= 11 is 0. The number of carbonyl (C=O) groups excluding carboxylic acids is 1. The van der Waals surface area contributed by atoms with Gasteiger partial charge < -0.3 is 14.7 Å². The molecule has 0 saturated heterocycles. The molecule has 4 rings (SSSR count). The second-order valence-electron chi connectivity index (χ2n) is 11.8. The van der Waals surface area contributed by atoms with Gasteiger partial charge in [0.05, 0.1) is 17.5 Å². The highest BCUT2D eigenvalue weighted by molar-refractivity contribution is 6.30. The van der Waals surface area contributed by atoms with Crippen LogP contribution in [0.3, 0.4) is 0 Å². The van der Waals surface area contributed by atoms with E-state index < -0.39 is 0 Å². The molecule has 42 heavy (non-hydrogen) atoms. The van der Waals surface area contributed by atoms with E-state index in [1.165, 1.54) is 27.8 Å². The largest absolute Gasteiger partial charge is 0.474 e. The number of ether oxygens (including phenoxy) is 1. The summed E-state index contributed by atoms with van der Waals surface area (Å²) in [5.74, 6) is 1.03. The SMILES string of the molecule is CCC1=C(C)C(=O)N=C1/C=c1/[nH]/c(=C\c2[nH]c(/C=C3\N=C(O[C@@H](C)C(C)C)C(C)=C3CC)c(C)c2CC)c(CC)c1C. The van der Waals surface area contributed by atoms with Crippen LogP contribution in [0.4, 0.5) is 0 Å². The van der Waals surface area contributed by atoms with Crippen LogP contribution in [0.1, 0.15) is 109 Å². The van der Waals surface area contributed by atoms with Gasteiger partial charge in [-0.15, -0.1) is 0 Å². The first kappa shape index (κ1) is 31.3. The average molecular weight is 569 g/mol. The average Bonchev–Trinajstić information content (AvgIpc) is 3.61. The number of aromatic nitrogens is 2. The standard InChI is InChI=1S/C36H48N4O2/c1-12-25-20(7)29(16-33-27(14-3)22(9)35(41)39-33)37-31(25)18-32-26(13-2)21(8)30(38-32)17-34-28(15-4)23(10)36(40-34)42-24(11)19(5)6/h16-19,24,37-38H,12-15H2,1-11H3/b29-16+,31-18-,34-17-/t24-/m0/s1. The number of aromatic amines is 2. The fraction of sp³-hybridized carbons (Fsp3) is 0.472. The van der Waals surface area contributed by atoms with Gasteiger partial charge in [-0.1, -0.05) is 41.5 Å². The predicted molar refractivity (Wildman–Crippen MR) is 176 cm³/mol. The quantitative estimate of drug-likeness (QED) is 0.343. The van der Waals surface area contributed by atoms with Crippen LogP contribution in [0.15, 0.2) is 38.0 Å². The number of carbonyl (C=O) groups is 1. The molecule has 0 unspecified atom stereocenters. The van der Waals surface area contributed by atoms with E-state index >= 15 is 0 Å². The summed E-state index contributed by atoms with van der Waals surface area (Å²) < 4.78 is 6.25. The molecule has 0 saturated carbocycles. The number of H-pyrrole nitrogens is 2. The Morgan fingerprint density at radius 1 is 0.714 bits per heavy atom. The van der Waals surface area contributed by atoms with Gasteiger partial charge in [0, 0.05) is 33.2 Å². The van der Waals surface area contributed by atoms with Crippen molar-refractivity contribution in [3.05, 3.63) is 72.3 Å². The number of aliphatic imine (C=N–C) groups is 2. The van der Waals surface area contributed by atoms with Crippen LogP contribution >= 0.6 is 0 Å². The lowest BCUT2D eigenvalue weighted by Crippen LogP contribution is -2.20. The van der Waals surface area contributed by atoms with Gasteiger partial charge in [0.15, 0.2) is 0 Å². The fourth-order valence-electron chi connectivity index (χ4n) is 5.94. The third-order valence-electron chi connectivity index (χ3n) is 9.01. The molecule has 2 aliphatic rings. The summed E-state index contributed by atoms with van der Waals surface area (Å²) in [4.78, 5) is 28.9. The molecule has 2 aliphatic heterocycles. The minimum atomic E-state index is -0.128. The molecule has 2 aromatic rings. The highest BCUT2D eigenvalue weighted by atomic mass is 16.5. The second-order valence-corrected chi connectivity index (χ2v) is 11.8. The summed E-state index contributed by atoms with van der Waals surface area (Å²) in [6, 6.07) is 0. The van der Waals surface area contributed by atoms with Crippen molar-refractivity contribution in [2.45, 2.75) is 108 Å². The fourth-order valence-corrected chi connectivity index (χ4v) is 5.94. The number of hydrogen-bond donors (Lipinski definition) is 2. The smallest absolute Gasteiger partial charge is 0.273 e. The Kier molecular flexibility index (Phi) is 9.44. The highest BCUT2D eigenvalue weighted by Crippen LogP contribution is 2.32. The monoisotopic (exact) mass is 568 g/mol. The van der Waals surface area contributed by atoms with Crippen molar-refractivity contribution in [3.63, 3.8) is 0 Å². The normalized spacial score (nSPS) is 18.4. The maximum absolute atomic E-state index is 12.3. The van der Waals surface area contributed by atoms with E-state index in [1.54, 1.807) is 0 Å². The molecule has 1 amide bonds. The van der Waals surface area contributed by atoms with E-state index in [-0.39, 0.29) is 12.0 Å². The van der Waals surface area contributed by atoms with Gasteiger partial charge in [-0.05, 0) is 118 Å². The summed E-state index contributed by atoms with van der Waals surface area (Å²) in [6.07, 6.45) is 10.1. The van der Waals surface area contributed by atoms with Crippen molar-refractivity contribution >= 4 is 35.7 Å². The highest BCUT2D eigenvalue weighted by Gasteiger charge is 2.24. The zero-order valence-electron chi connectivity index (χ0n) is 27.4. The van der Waals surface area contributed by atoms with Gasteiger partial charge in [-0.25, -0.2) is 9.98 Å². The molecule has 2 N–H and O–H groups in total. The molecule has 0 fully saturated rings. The molecule has 0 radical (unpaired) electrons. The minimum Gasteiger partial charge on any atom is -0.474 e. The van der Waals surface area contributed by atoms with E-state index in [0.29, 0.717) is 5.92 Å². The third-order valence-corrected chi connectivity index (χ3v) is 9.01. The van der Waals surface area contributed by atoms with Crippen molar-refractivity contribution in [2.75, 3.05) is 0 Å². The van der Waals surface area contributed by atoms with E-state index in [0.717, 1.165) is 81.8 Å². The second kappa shape index (κ2) is 12.7. The van der Waals surface area contributed by atoms with Crippen LogP contribution in [0.5, 0.6) is 0 Å². The molecule has 0 bridgehead atoms. The molecule has 6 nitrogen and oxygen atoms in total. The first-order valence-electron chi connectivity index (χ1n) is 15.6. The molecular weight excluding hydrogens is 520 g/mol. The van der Waals surface area contributed by atoms with Crippen LogP contribution < -0.4 is 10.7 Å². The van der Waals surface area contributed by atoms with Gasteiger partial charge in [0.2, 0.25) is 5.90 Å². The number of hydrogen-bond acceptors (Lipinski definition) is 3. The van der Waals surface area contributed by atoms with E-state index in [2.05, 4.69) is 96.3 Å². The Labute approximate surface area is 251 Å². The van der Waals surface area contributed by atoms with Gasteiger partial charge in [-0.2, -0.15) is 0 Å². The molecule has 0 aliphatic carbocycles. The van der Waals surface area contributed by atoms with Gasteiger partial charge in [0.1, 0.15) is 0 Å². The van der Waals surface area contributed by atoms with Gasteiger partial charge >= 0.3 is 0 Å². The lowest BCUT2D eigenvalue weighted by Gasteiger charge is -2.18. The van der Waals surface area contributed by atoms with E-state index in [1.807, 2.05) is 13.0 Å². The molecule has 1 atom stereocenters. The first-order valence-corrected chi connectivity index (χ1v) is 15.6. The van der Waals surface area contributed by atoms with E-state index in [4.69, 9.17) is 9.73 Å². The van der Waals surface area contributed by atoms with Crippen molar-refractivity contribution in [1.82, 2.24) is 9.97 Å². The molecule has 6 heteroatoms. The van der Waals surface area contributed by atoms with Crippen LogP contribution in [0, 0.1) is 19.8 Å². The Bertz CT molecular complexity index is 1680. The van der Waals surface area contributed by atoms with E-state index in [9.17, 15) is 4.79 Å². The molecule has 4 heterocycles. The Morgan fingerprint density at radius 3 is 1.98 bits per heavy atom. The van der Waals surface area contributed by atoms with Crippen molar-refractivity contribution in [1.29, 1.82) is 0 Å². The topological polar surface area (TPSA) is 82.6 Å². The summed E-state index contributed by atoms with van der Waals surface area (Å²) in [7, 11) is 0. The Balaban J connectivity index is 1.80. The van der Waals surface area contributed by atoms with Crippen molar-refractivity contribution in [3.8, 4) is 0 Å². The molecule has 224 valence electrons. The maximum atomic E-state index is 12.3. The number of allylic oxidation sites excluding steroid dienone is 2. The lowest BCUT2D eigenvalue weighted by molar-refractivity contribution is -0.114. The number of rotatable bonds is 9. The zero-order valence-corrected chi connectivity index (χ0v) is 27.4. The van der Waals surface area contributed by atoms with Crippen molar-refractivity contribution in [2.24, 2.45) is 15.9 Å². The lowest BCUT2D eigenvalue weighted by atomic mass is 10.0. The zero-order chi connectivity index (χ0) is 30.9. The molecule has 2 aromatic heterocycles. The first-order chi connectivity index (χ1) is 19.9. The summed E-state index contributed by atoms with van der Waals surface area (Å²) in [6.45, 7) is 23.4. The number of amides is 1. The van der Waals surface area contributed by atoms with Gasteiger partial charge in [-0.3, -0.25) is 4.79 Å².